The zero-order valence-corrected chi connectivity index (χ0v) is 12.3. The third-order valence-electron chi connectivity index (χ3n) is 3.55. The normalized spacial score (nSPS) is 11.3. The summed E-state index contributed by atoms with van der Waals surface area (Å²) < 4.78 is 0. The van der Waals surface area contributed by atoms with E-state index in [2.05, 4.69) is 58.0 Å². The topological polar surface area (TPSA) is 26.0 Å². The lowest BCUT2D eigenvalue weighted by atomic mass is 9.85. The Morgan fingerprint density at radius 2 is 1.32 bits per heavy atom. The highest BCUT2D eigenvalue weighted by molar-refractivity contribution is 5.74. The first kappa shape index (κ1) is 13.7. The Balaban J connectivity index is 2.71. The minimum absolute atomic E-state index is 0.509. The average molecular weight is 253 g/mol. The van der Waals surface area contributed by atoms with Crippen molar-refractivity contribution in [2.45, 2.75) is 39.5 Å². The SMILES string of the molecule is CC(C)c1cccc(C(C)C)c1-c1cccc(N)c1. The molecule has 0 aliphatic carbocycles. The van der Waals surface area contributed by atoms with Crippen molar-refractivity contribution in [1.82, 2.24) is 0 Å². The molecule has 0 saturated carbocycles. The zero-order chi connectivity index (χ0) is 14.0. The molecule has 0 bridgehead atoms. The summed E-state index contributed by atoms with van der Waals surface area (Å²) in [4.78, 5) is 0. The standard InChI is InChI=1S/C18H23N/c1-12(2)16-9-6-10-17(13(3)4)18(16)14-7-5-8-15(19)11-14/h5-13H,19H2,1-4H3. The molecule has 2 aromatic carbocycles. The minimum Gasteiger partial charge on any atom is -0.399 e. The predicted octanol–water partition coefficient (Wildman–Crippen LogP) is 5.18. The van der Waals surface area contributed by atoms with Crippen molar-refractivity contribution in [3.63, 3.8) is 0 Å². The Morgan fingerprint density at radius 1 is 0.789 bits per heavy atom. The van der Waals surface area contributed by atoms with E-state index in [0.29, 0.717) is 11.8 Å². The maximum absolute atomic E-state index is 5.95. The van der Waals surface area contributed by atoms with Gasteiger partial charge in [-0.1, -0.05) is 58.0 Å². The fourth-order valence-electron chi connectivity index (χ4n) is 2.58. The largest absolute Gasteiger partial charge is 0.399 e. The second-order valence-corrected chi connectivity index (χ2v) is 5.75. The van der Waals surface area contributed by atoms with Crippen LogP contribution in [0.4, 0.5) is 5.69 Å². The van der Waals surface area contributed by atoms with Gasteiger partial charge in [-0.15, -0.1) is 0 Å². The molecule has 0 fully saturated rings. The van der Waals surface area contributed by atoms with E-state index in [0.717, 1.165) is 5.69 Å². The van der Waals surface area contributed by atoms with Gasteiger partial charge in [0.2, 0.25) is 0 Å². The highest BCUT2D eigenvalue weighted by Crippen LogP contribution is 2.36. The monoisotopic (exact) mass is 253 g/mol. The quantitative estimate of drug-likeness (QED) is 0.749. The molecule has 0 heterocycles. The molecule has 0 unspecified atom stereocenters. The lowest BCUT2D eigenvalue weighted by Gasteiger charge is -2.20. The Hall–Kier alpha value is -1.76. The number of rotatable bonds is 3. The first-order chi connectivity index (χ1) is 9.00. The van der Waals surface area contributed by atoms with E-state index in [1.165, 1.54) is 22.3 Å². The van der Waals surface area contributed by atoms with Crippen LogP contribution in [0.2, 0.25) is 0 Å². The number of hydrogen-bond donors (Lipinski definition) is 1. The zero-order valence-electron chi connectivity index (χ0n) is 12.3. The van der Waals surface area contributed by atoms with Crippen LogP contribution in [0.15, 0.2) is 42.5 Å². The van der Waals surface area contributed by atoms with E-state index >= 15 is 0 Å². The molecule has 0 atom stereocenters. The van der Waals surface area contributed by atoms with Crippen LogP contribution in [-0.4, -0.2) is 0 Å². The minimum atomic E-state index is 0.509. The van der Waals surface area contributed by atoms with Gasteiger partial charge in [0.05, 0.1) is 0 Å². The van der Waals surface area contributed by atoms with Crippen molar-refractivity contribution >= 4 is 5.69 Å². The number of nitrogens with two attached hydrogens (primary N) is 1. The molecule has 2 aromatic rings. The summed E-state index contributed by atoms with van der Waals surface area (Å²) in [5.41, 5.74) is 12.2. The number of anilines is 1. The van der Waals surface area contributed by atoms with Gasteiger partial charge in [0, 0.05) is 5.69 Å². The van der Waals surface area contributed by atoms with Crippen LogP contribution >= 0.6 is 0 Å². The van der Waals surface area contributed by atoms with Crippen molar-refractivity contribution in [2.24, 2.45) is 0 Å². The molecule has 19 heavy (non-hydrogen) atoms. The summed E-state index contributed by atoms with van der Waals surface area (Å²) in [6.45, 7) is 8.98. The van der Waals surface area contributed by atoms with E-state index in [4.69, 9.17) is 5.73 Å². The Kier molecular flexibility index (Phi) is 3.94. The van der Waals surface area contributed by atoms with Gasteiger partial charge in [0.1, 0.15) is 0 Å². The molecule has 100 valence electrons. The lowest BCUT2D eigenvalue weighted by molar-refractivity contribution is 0.838. The maximum atomic E-state index is 5.95. The molecule has 1 heteroatoms. The Morgan fingerprint density at radius 3 is 1.79 bits per heavy atom. The van der Waals surface area contributed by atoms with Gasteiger partial charge in [0.15, 0.2) is 0 Å². The average Bonchev–Trinajstić information content (AvgIpc) is 2.37. The van der Waals surface area contributed by atoms with Crippen LogP contribution < -0.4 is 5.73 Å². The van der Waals surface area contributed by atoms with E-state index in [9.17, 15) is 0 Å². The van der Waals surface area contributed by atoms with Gasteiger partial charge < -0.3 is 5.73 Å². The highest BCUT2D eigenvalue weighted by atomic mass is 14.5. The van der Waals surface area contributed by atoms with Gasteiger partial charge in [-0.05, 0) is 46.2 Å². The first-order valence-electron chi connectivity index (χ1n) is 6.99. The molecule has 0 aromatic heterocycles. The van der Waals surface area contributed by atoms with Crippen molar-refractivity contribution in [3.8, 4) is 11.1 Å². The summed E-state index contributed by atoms with van der Waals surface area (Å²) in [6, 6.07) is 14.8. The van der Waals surface area contributed by atoms with Crippen molar-refractivity contribution < 1.29 is 0 Å². The molecule has 0 radical (unpaired) electrons. The number of nitrogen functional groups attached to an aromatic ring is 1. The first-order valence-corrected chi connectivity index (χ1v) is 6.99. The molecule has 1 nitrogen and oxygen atoms in total. The molecular weight excluding hydrogens is 230 g/mol. The van der Waals surface area contributed by atoms with Gasteiger partial charge in [-0.25, -0.2) is 0 Å². The summed E-state index contributed by atoms with van der Waals surface area (Å²) in [7, 11) is 0. The fourth-order valence-corrected chi connectivity index (χ4v) is 2.58. The molecule has 0 aliphatic heterocycles. The van der Waals surface area contributed by atoms with Gasteiger partial charge in [-0.2, -0.15) is 0 Å². The number of hydrogen-bond acceptors (Lipinski definition) is 1. The van der Waals surface area contributed by atoms with Gasteiger partial charge >= 0.3 is 0 Å². The van der Waals surface area contributed by atoms with Crippen molar-refractivity contribution in [3.05, 3.63) is 53.6 Å². The van der Waals surface area contributed by atoms with Crippen LogP contribution in [0.3, 0.4) is 0 Å². The fraction of sp³-hybridized carbons (Fsp3) is 0.333. The van der Waals surface area contributed by atoms with Crippen molar-refractivity contribution in [2.75, 3.05) is 5.73 Å². The number of benzene rings is 2. The van der Waals surface area contributed by atoms with Crippen LogP contribution in [0.25, 0.3) is 11.1 Å². The third-order valence-corrected chi connectivity index (χ3v) is 3.55. The summed E-state index contributed by atoms with van der Waals surface area (Å²) in [5, 5.41) is 0. The lowest BCUT2D eigenvalue weighted by Crippen LogP contribution is -2.00. The molecule has 2 N–H and O–H groups in total. The molecular formula is C18H23N. The molecule has 0 saturated heterocycles. The second kappa shape index (κ2) is 5.48. The van der Waals surface area contributed by atoms with Crippen LogP contribution in [0, 0.1) is 0 Å². The highest BCUT2D eigenvalue weighted by Gasteiger charge is 2.15. The molecule has 0 amide bonds. The van der Waals surface area contributed by atoms with Crippen molar-refractivity contribution in [1.29, 1.82) is 0 Å². The summed E-state index contributed by atoms with van der Waals surface area (Å²) in [5.74, 6) is 1.02. The smallest absolute Gasteiger partial charge is 0.0320 e. The van der Waals surface area contributed by atoms with Crippen LogP contribution in [-0.2, 0) is 0 Å². The van der Waals surface area contributed by atoms with Gasteiger partial charge in [-0.3, -0.25) is 0 Å². The van der Waals surface area contributed by atoms with E-state index < -0.39 is 0 Å². The third kappa shape index (κ3) is 2.81. The molecule has 0 spiro atoms. The molecule has 2 rings (SSSR count). The van der Waals surface area contributed by atoms with E-state index in [1.54, 1.807) is 0 Å². The predicted molar refractivity (Wildman–Crippen MR) is 84.5 cm³/mol. The Labute approximate surface area is 116 Å². The summed E-state index contributed by atoms with van der Waals surface area (Å²) in [6.07, 6.45) is 0. The van der Waals surface area contributed by atoms with E-state index in [-0.39, 0.29) is 0 Å². The maximum Gasteiger partial charge on any atom is 0.0320 e. The molecule has 0 aliphatic rings. The van der Waals surface area contributed by atoms with Gasteiger partial charge in [0.25, 0.3) is 0 Å². The van der Waals surface area contributed by atoms with E-state index in [1.807, 2.05) is 12.1 Å². The Bertz CT molecular complexity index is 541. The second-order valence-electron chi connectivity index (χ2n) is 5.75. The van der Waals surface area contributed by atoms with Crippen LogP contribution in [0.1, 0.15) is 50.7 Å². The summed E-state index contributed by atoms with van der Waals surface area (Å²) >= 11 is 0. The van der Waals surface area contributed by atoms with Crippen LogP contribution in [0.5, 0.6) is 0 Å².